The first kappa shape index (κ1) is 14.7. The van der Waals surface area contributed by atoms with Crippen molar-refractivity contribution >= 4 is 5.91 Å². The molecule has 16 heavy (non-hydrogen) atoms. The summed E-state index contributed by atoms with van der Waals surface area (Å²) in [6.45, 7) is 8.32. The number of nitrogens with one attached hydrogen (secondary N) is 1. The van der Waals surface area contributed by atoms with Crippen molar-refractivity contribution in [2.24, 2.45) is 5.92 Å². The van der Waals surface area contributed by atoms with Crippen LogP contribution in [0, 0.1) is 5.92 Å². The molecule has 0 saturated heterocycles. The number of likely N-dealkylation sites (N-methyl/N-ethyl adjacent to an activating group) is 1. The highest BCUT2D eigenvalue weighted by Gasteiger charge is 2.03. The van der Waals surface area contributed by atoms with Gasteiger partial charge >= 0.3 is 0 Å². The molecule has 0 rings (SSSR count). The van der Waals surface area contributed by atoms with Crippen molar-refractivity contribution in [2.75, 3.05) is 7.05 Å². The zero-order chi connectivity index (χ0) is 12.6. The van der Waals surface area contributed by atoms with E-state index < -0.39 is 0 Å². The molecule has 0 unspecified atom stereocenters. The van der Waals surface area contributed by atoms with Crippen LogP contribution in [-0.4, -0.2) is 13.0 Å². The van der Waals surface area contributed by atoms with Crippen LogP contribution in [0.25, 0.3) is 0 Å². The van der Waals surface area contributed by atoms with E-state index in [1.54, 1.807) is 7.05 Å². The number of allylic oxidation sites excluding steroid dienone is 4. The summed E-state index contributed by atoms with van der Waals surface area (Å²) in [5.74, 6) is 0.450. The predicted octanol–water partition coefficient (Wildman–Crippen LogP) is 3.23. The molecule has 0 bridgehead atoms. The van der Waals surface area contributed by atoms with Gasteiger partial charge < -0.3 is 5.32 Å². The Labute approximate surface area is 99.1 Å². The van der Waals surface area contributed by atoms with Crippen molar-refractivity contribution in [2.45, 2.75) is 34.1 Å². The van der Waals surface area contributed by atoms with Gasteiger partial charge in [-0.25, -0.2) is 0 Å². The average Bonchev–Trinajstić information content (AvgIpc) is 2.27. The zero-order valence-corrected chi connectivity index (χ0v) is 11.0. The summed E-state index contributed by atoms with van der Waals surface area (Å²) in [4.78, 5) is 11.5. The fourth-order valence-corrected chi connectivity index (χ4v) is 1.41. The van der Waals surface area contributed by atoms with E-state index in [9.17, 15) is 4.79 Å². The molecule has 0 aromatic carbocycles. The second-order valence-electron chi connectivity index (χ2n) is 3.92. The number of rotatable bonds is 5. The normalized spacial score (nSPS) is 13.6. The molecule has 0 spiro atoms. The van der Waals surface area contributed by atoms with Crippen LogP contribution < -0.4 is 5.32 Å². The lowest BCUT2D eigenvalue weighted by atomic mass is 10.0. The zero-order valence-electron chi connectivity index (χ0n) is 11.0. The van der Waals surface area contributed by atoms with Crippen molar-refractivity contribution in [3.63, 3.8) is 0 Å². The molecule has 2 heteroatoms. The molecule has 1 amide bonds. The molecule has 0 fully saturated rings. The Morgan fingerprint density at radius 1 is 1.31 bits per heavy atom. The number of carbonyl (C=O) groups is 1. The van der Waals surface area contributed by atoms with E-state index >= 15 is 0 Å². The van der Waals surface area contributed by atoms with Gasteiger partial charge in [-0.05, 0) is 30.9 Å². The molecule has 0 radical (unpaired) electrons. The lowest BCUT2D eigenvalue weighted by Crippen LogP contribution is -2.19. The third kappa shape index (κ3) is 4.96. The van der Waals surface area contributed by atoms with E-state index in [1.807, 2.05) is 32.1 Å². The Bertz CT molecular complexity index is 309. The topological polar surface area (TPSA) is 29.1 Å². The summed E-state index contributed by atoms with van der Waals surface area (Å²) in [6, 6.07) is 0. The third-order valence-electron chi connectivity index (χ3n) is 2.37. The van der Waals surface area contributed by atoms with Gasteiger partial charge in [0.25, 0.3) is 5.91 Å². The van der Waals surface area contributed by atoms with Crippen molar-refractivity contribution < 1.29 is 4.79 Å². The quantitative estimate of drug-likeness (QED) is 0.560. The van der Waals surface area contributed by atoms with Crippen LogP contribution in [0.15, 0.2) is 35.5 Å². The Balaban J connectivity index is 4.83. The first-order chi connectivity index (χ1) is 7.56. The number of amides is 1. The van der Waals surface area contributed by atoms with Crippen molar-refractivity contribution in [1.82, 2.24) is 5.32 Å². The van der Waals surface area contributed by atoms with Crippen LogP contribution >= 0.6 is 0 Å². The minimum Gasteiger partial charge on any atom is -0.355 e. The highest BCUT2D eigenvalue weighted by molar-refractivity contribution is 5.95. The van der Waals surface area contributed by atoms with Crippen LogP contribution in [-0.2, 0) is 4.79 Å². The largest absolute Gasteiger partial charge is 0.355 e. The van der Waals surface area contributed by atoms with Crippen molar-refractivity contribution in [3.05, 3.63) is 35.5 Å². The molecule has 0 aromatic rings. The van der Waals surface area contributed by atoms with Crippen LogP contribution in [0.1, 0.15) is 34.1 Å². The number of hydrogen-bond donors (Lipinski definition) is 1. The van der Waals surface area contributed by atoms with E-state index in [0.29, 0.717) is 5.92 Å². The van der Waals surface area contributed by atoms with Crippen molar-refractivity contribution in [3.8, 4) is 0 Å². The molecule has 0 atom stereocenters. The standard InChI is InChI=1S/C14H23NO/c1-6-8-13(14(16)15-5)10-9-12(7-2)11(3)4/h7-11H,6H2,1-5H3,(H,15,16)/b10-9-,12-7+,13-8-. The Morgan fingerprint density at radius 3 is 2.31 bits per heavy atom. The Morgan fingerprint density at radius 2 is 1.94 bits per heavy atom. The number of hydrogen-bond acceptors (Lipinski definition) is 1. The Kier molecular flexibility index (Phi) is 7.27. The summed E-state index contributed by atoms with van der Waals surface area (Å²) in [6.07, 6.45) is 8.77. The predicted molar refractivity (Wildman–Crippen MR) is 70.2 cm³/mol. The van der Waals surface area contributed by atoms with Gasteiger partial charge in [-0.3, -0.25) is 4.79 Å². The second kappa shape index (κ2) is 7.91. The summed E-state index contributed by atoms with van der Waals surface area (Å²) < 4.78 is 0. The van der Waals surface area contributed by atoms with Gasteiger partial charge in [0.05, 0.1) is 0 Å². The molecule has 90 valence electrons. The molecular weight excluding hydrogens is 198 g/mol. The summed E-state index contributed by atoms with van der Waals surface area (Å²) in [7, 11) is 1.65. The maximum Gasteiger partial charge on any atom is 0.250 e. The number of carbonyl (C=O) groups excluding carboxylic acids is 1. The molecule has 1 N–H and O–H groups in total. The van der Waals surface area contributed by atoms with Crippen LogP contribution in [0.4, 0.5) is 0 Å². The smallest absolute Gasteiger partial charge is 0.250 e. The SMILES string of the molecule is C\C=C(/C=C\C(=C\CC)C(=O)NC)C(C)C. The first-order valence-electron chi connectivity index (χ1n) is 5.83. The fourth-order valence-electron chi connectivity index (χ4n) is 1.41. The maximum absolute atomic E-state index is 11.5. The minimum absolute atomic E-state index is 0.0303. The molecule has 2 nitrogen and oxygen atoms in total. The Hall–Kier alpha value is -1.31. The highest BCUT2D eigenvalue weighted by atomic mass is 16.1. The third-order valence-corrected chi connectivity index (χ3v) is 2.37. The van der Waals surface area contributed by atoms with Gasteiger partial charge in [0, 0.05) is 12.6 Å². The molecule has 0 saturated carbocycles. The molecular formula is C14H23NO. The van der Waals surface area contributed by atoms with Crippen LogP contribution in [0.5, 0.6) is 0 Å². The average molecular weight is 221 g/mol. The van der Waals surface area contributed by atoms with E-state index in [0.717, 1.165) is 12.0 Å². The van der Waals surface area contributed by atoms with Crippen molar-refractivity contribution in [1.29, 1.82) is 0 Å². The van der Waals surface area contributed by atoms with Gasteiger partial charge in [0.15, 0.2) is 0 Å². The van der Waals surface area contributed by atoms with Crippen LogP contribution in [0.2, 0.25) is 0 Å². The molecule has 0 aliphatic carbocycles. The lowest BCUT2D eigenvalue weighted by molar-refractivity contribution is -0.116. The van der Waals surface area contributed by atoms with Gasteiger partial charge in [0.2, 0.25) is 0 Å². The van der Waals surface area contributed by atoms with Crippen LogP contribution in [0.3, 0.4) is 0 Å². The van der Waals surface area contributed by atoms with Gasteiger partial charge in [-0.1, -0.05) is 39.0 Å². The van der Waals surface area contributed by atoms with Gasteiger partial charge in [-0.2, -0.15) is 0 Å². The highest BCUT2D eigenvalue weighted by Crippen LogP contribution is 2.12. The molecule has 0 aliphatic rings. The fraction of sp³-hybridized carbons (Fsp3) is 0.500. The van der Waals surface area contributed by atoms with Gasteiger partial charge in [-0.15, -0.1) is 0 Å². The molecule has 0 heterocycles. The summed E-state index contributed by atoms with van der Waals surface area (Å²) >= 11 is 0. The summed E-state index contributed by atoms with van der Waals surface area (Å²) in [5, 5.41) is 2.64. The monoisotopic (exact) mass is 221 g/mol. The summed E-state index contributed by atoms with van der Waals surface area (Å²) in [5.41, 5.74) is 1.97. The second-order valence-corrected chi connectivity index (χ2v) is 3.92. The van der Waals surface area contributed by atoms with Gasteiger partial charge in [0.1, 0.15) is 0 Å². The minimum atomic E-state index is -0.0303. The van der Waals surface area contributed by atoms with E-state index in [-0.39, 0.29) is 5.91 Å². The van der Waals surface area contributed by atoms with E-state index in [2.05, 4.69) is 25.2 Å². The maximum atomic E-state index is 11.5. The first-order valence-corrected chi connectivity index (χ1v) is 5.83. The lowest BCUT2D eigenvalue weighted by Gasteiger charge is -2.06. The molecule has 0 aliphatic heterocycles. The van der Waals surface area contributed by atoms with E-state index in [1.165, 1.54) is 5.57 Å². The van der Waals surface area contributed by atoms with E-state index in [4.69, 9.17) is 0 Å². The molecule has 0 aromatic heterocycles.